The fourth-order valence-electron chi connectivity index (χ4n) is 0.393. The van der Waals surface area contributed by atoms with E-state index in [9.17, 15) is 0 Å². The summed E-state index contributed by atoms with van der Waals surface area (Å²) in [5.74, 6) is 0.411. The zero-order valence-corrected chi connectivity index (χ0v) is 6.65. The Morgan fingerprint density at radius 2 is 2.10 bits per heavy atom. The predicted octanol–water partition coefficient (Wildman–Crippen LogP) is 1.12. The van der Waals surface area contributed by atoms with Crippen molar-refractivity contribution >= 4 is 5.84 Å². The van der Waals surface area contributed by atoms with Crippen LogP contribution in [0, 0.1) is 22.2 Å². The van der Waals surface area contributed by atoms with Crippen LogP contribution in [0.5, 0.6) is 0 Å². The molecule has 0 saturated carbocycles. The molecule has 3 nitrogen and oxygen atoms in total. The minimum atomic E-state index is -0.170. The quantitative estimate of drug-likeness (QED) is 0.325. The standard InChI is InChI=1S/C7H13N3/c1-7(2,3)6(9)10-5-4-8/h5H2,1-3H3,(H2,9,10). The third-order valence-electron chi connectivity index (χ3n) is 1.09. The molecule has 0 atom stereocenters. The lowest BCUT2D eigenvalue weighted by Gasteiger charge is -2.19. The smallest absolute Gasteiger partial charge is 0.104 e. The normalized spacial score (nSPS) is 10.2. The van der Waals surface area contributed by atoms with Crippen molar-refractivity contribution in [2.24, 2.45) is 5.41 Å². The van der Waals surface area contributed by atoms with Gasteiger partial charge in [0.25, 0.3) is 0 Å². The number of rotatable bonds is 1. The maximum absolute atomic E-state index is 8.17. The Balaban J connectivity index is 3.78. The van der Waals surface area contributed by atoms with Crippen LogP contribution in [-0.2, 0) is 0 Å². The van der Waals surface area contributed by atoms with Gasteiger partial charge in [0.15, 0.2) is 0 Å². The van der Waals surface area contributed by atoms with Crippen LogP contribution in [0.1, 0.15) is 20.8 Å². The largest absolute Gasteiger partial charge is 0.361 e. The minimum absolute atomic E-state index is 0.170. The average molecular weight is 139 g/mol. The molecule has 0 saturated heterocycles. The van der Waals surface area contributed by atoms with Crippen LogP contribution in [0.15, 0.2) is 0 Å². The molecule has 0 aromatic carbocycles. The van der Waals surface area contributed by atoms with Gasteiger partial charge >= 0.3 is 0 Å². The molecule has 0 rings (SSSR count). The molecular weight excluding hydrogens is 126 g/mol. The molecule has 0 fully saturated rings. The van der Waals surface area contributed by atoms with Crippen molar-refractivity contribution in [3.8, 4) is 6.07 Å². The molecule has 0 unspecified atom stereocenters. The third kappa shape index (κ3) is 3.08. The summed E-state index contributed by atoms with van der Waals surface area (Å²) in [6, 6.07) is 1.92. The molecule has 0 aliphatic carbocycles. The Morgan fingerprint density at radius 3 is 2.40 bits per heavy atom. The highest BCUT2D eigenvalue weighted by atomic mass is 14.9. The van der Waals surface area contributed by atoms with Gasteiger partial charge in [-0.1, -0.05) is 20.8 Å². The summed E-state index contributed by atoms with van der Waals surface area (Å²) < 4.78 is 0. The average Bonchev–Trinajstić information content (AvgIpc) is 1.80. The van der Waals surface area contributed by atoms with Crippen LogP contribution in [0.3, 0.4) is 0 Å². The van der Waals surface area contributed by atoms with Gasteiger partial charge in [-0.2, -0.15) is 5.26 Å². The fraction of sp³-hybridized carbons (Fsp3) is 0.714. The van der Waals surface area contributed by atoms with E-state index < -0.39 is 0 Å². The van der Waals surface area contributed by atoms with Gasteiger partial charge in [0.1, 0.15) is 6.54 Å². The van der Waals surface area contributed by atoms with Crippen LogP contribution in [-0.4, -0.2) is 12.4 Å². The molecule has 0 aromatic heterocycles. The van der Waals surface area contributed by atoms with Gasteiger partial charge in [0.2, 0.25) is 0 Å². The first-order valence-electron chi connectivity index (χ1n) is 3.18. The van der Waals surface area contributed by atoms with Crippen LogP contribution < -0.4 is 5.32 Å². The lowest BCUT2D eigenvalue weighted by atomic mass is 9.95. The predicted molar refractivity (Wildman–Crippen MR) is 40.8 cm³/mol. The molecule has 0 bridgehead atoms. The van der Waals surface area contributed by atoms with Gasteiger partial charge in [-0.25, -0.2) is 0 Å². The number of hydrogen-bond donors (Lipinski definition) is 2. The first kappa shape index (κ1) is 8.96. The summed E-state index contributed by atoms with van der Waals surface area (Å²) in [6.07, 6.45) is 0. The maximum Gasteiger partial charge on any atom is 0.104 e. The molecule has 0 aliphatic heterocycles. The number of hydrogen-bond acceptors (Lipinski definition) is 2. The van der Waals surface area contributed by atoms with Gasteiger partial charge in [0.05, 0.1) is 11.9 Å². The van der Waals surface area contributed by atoms with E-state index in [4.69, 9.17) is 10.7 Å². The van der Waals surface area contributed by atoms with Crippen LogP contribution in [0.4, 0.5) is 0 Å². The molecule has 56 valence electrons. The van der Waals surface area contributed by atoms with Crippen molar-refractivity contribution in [3.05, 3.63) is 0 Å². The summed E-state index contributed by atoms with van der Waals surface area (Å²) in [7, 11) is 0. The molecule has 3 heteroatoms. The highest BCUT2D eigenvalue weighted by molar-refractivity contribution is 5.84. The first-order valence-corrected chi connectivity index (χ1v) is 3.18. The van der Waals surface area contributed by atoms with E-state index in [-0.39, 0.29) is 12.0 Å². The lowest BCUT2D eigenvalue weighted by molar-refractivity contribution is 0.564. The Hall–Kier alpha value is -1.04. The van der Waals surface area contributed by atoms with E-state index in [0.717, 1.165) is 0 Å². The SMILES string of the molecule is CC(C)(C)C(=N)NCC#N. The van der Waals surface area contributed by atoms with Crippen molar-refractivity contribution in [3.63, 3.8) is 0 Å². The highest BCUT2D eigenvalue weighted by Gasteiger charge is 2.15. The summed E-state index contributed by atoms with van der Waals surface area (Å²) in [5, 5.41) is 18.2. The summed E-state index contributed by atoms with van der Waals surface area (Å²) in [4.78, 5) is 0. The zero-order valence-electron chi connectivity index (χ0n) is 6.65. The second-order valence-electron chi connectivity index (χ2n) is 3.14. The molecule has 0 aromatic rings. The lowest BCUT2D eigenvalue weighted by Crippen LogP contribution is -2.34. The zero-order chi connectivity index (χ0) is 8.20. The molecule has 0 aliphatic rings. The number of nitrogens with one attached hydrogen (secondary N) is 2. The van der Waals surface area contributed by atoms with Crippen LogP contribution >= 0.6 is 0 Å². The third-order valence-corrected chi connectivity index (χ3v) is 1.09. The van der Waals surface area contributed by atoms with E-state index >= 15 is 0 Å². The summed E-state index contributed by atoms with van der Waals surface area (Å²) in [5.41, 5.74) is -0.170. The topological polar surface area (TPSA) is 59.7 Å². The van der Waals surface area contributed by atoms with Gasteiger partial charge in [-0.15, -0.1) is 0 Å². The van der Waals surface area contributed by atoms with Crippen molar-refractivity contribution in [1.82, 2.24) is 5.32 Å². The van der Waals surface area contributed by atoms with Gasteiger partial charge < -0.3 is 5.32 Å². The Kier molecular flexibility index (Phi) is 2.88. The Bertz CT molecular complexity index is 159. The molecule has 0 radical (unpaired) electrons. The minimum Gasteiger partial charge on any atom is -0.361 e. The van der Waals surface area contributed by atoms with Crippen LogP contribution in [0.2, 0.25) is 0 Å². The first-order chi connectivity index (χ1) is 4.48. The molecule has 2 N–H and O–H groups in total. The van der Waals surface area contributed by atoms with Crippen molar-refractivity contribution < 1.29 is 0 Å². The van der Waals surface area contributed by atoms with Gasteiger partial charge in [-0.05, 0) is 0 Å². The van der Waals surface area contributed by atoms with E-state index in [2.05, 4.69) is 5.32 Å². The van der Waals surface area contributed by atoms with E-state index in [1.165, 1.54) is 0 Å². The van der Waals surface area contributed by atoms with E-state index in [1.807, 2.05) is 26.8 Å². The molecule has 0 heterocycles. The van der Waals surface area contributed by atoms with Crippen LogP contribution in [0.25, 0.3) is 0 Å². The number of amidine groups is 1. The highest BCUT2D eigenvalue weighted by Crippen LogP contribution is 2.12. The molecule has 0 spiro atoms. The Labute approximate surface area is 61.6 Å². The molecule has 0 amide bonds. The molecule has 10 heavy (non-hydrogen) atoms. The second-order valence-corrected chi connectivity index (χ2v) is 3.14. The van der Waals surface area contributed by atoms with Crippen molar-refractivity contribution in [1.29, 1.82) is 10.7 Å². The van der Waals surface area contributed by atoms with E-state index in [1.54, 1.807) is 0 Å². The number of nitrogens with zero attached hydrogens (tertiary/aromatic N) is 1. The van der Waals surface area contributed by atoms with Crippen molar-refractivity contribution in [2.75, 3.05) is 6.54 Å². The second kappa shape index (κ2) is 3.21. The van der Waals surface area contributed by atoms with Gasteiger partial charge in [-0.3, -0.25) is 5.41 Å². The fourth-order valence-corrected chi connectivity index (χ4v) is 0.393. The molecular formula is C7H13N3. The summed E-state index contributed by atoms with van der Waals surface area (Å²) >= 11 is 0. The Morgan fingerprint density at radius 1 is 1.60 bits per heavy atom. The van der Waals surface area contributed by atoms with Gasteiger partial charge in [0, 0.05) is 5.41 Å². The maximum atomic E-state index is 8.17. The summed E-state index contributed by atoms with van der Waals surface area (Å²) in [6.45, 7) is 6.01. The number of nitriles is 1. The van der Waals surface area contributed by atoms with E-state index in [0.29, 0.717) is 5.84 Å². The monoisotopic (exact) mass is 139 g/mol. The van der Waals surface area contributed by atoms with Crippen molar-refractivity contribution in [2.45, 2.75) is 20.8 Å².